The molecule has 0 aliphatic heterocycles. The number of aryl methyl sites for hydroxylation is 2. The van der Waals surface area contributed by atoms with Crippen LogP contribution in [0.4, 0.5) is 5.82 Å². The highest BCUT2D eigenvalue weighted by molar-refractivity contribution is 6.03. The number of carbonyl (C=O) groups excluding carboxylic acids is 1. The lowest BCUT2D eigenvalue weighted by atomic mass is 10.3. The van der Waals surface area contributed by atoms with Crippen LogP contribution in [0.5, 0.6) is 0 Å². The van der Waals surface area contributed by atoms with Crippen molar-refractivity contribution in [3.8, 4) is 17.2 Å². The van der Waals surface area contributed by atoms with Crippen molar-refractivity contribution in [3.05, 3.63) is 78.1 Å². The molecule has 8 nitrogen and oxygen atoms in total. The summed E-state index contributed by atoms with van der Waals surface area (Å²) in [7, 11) is 0. The van der Waals surface area contributed by atoms with Crippen LogP contribution in [0.2, 0.25) is 0 Å². The first-order chi connectivity index (χ1) is 13.6. The zero-order valence-electron chi connectivity index (χ0n) is 15.4. The van der Waals surface area contributed by atoms with Gasteiger partial charge < -0.3 is 5.32 Å². The van der Waals surface area contributed by atoms with E-state index in [0.29, 0.717) is 28.7 Å². The second kappa shape index (κ2) is 7.36. The van der Waals surface area contributed by atoms with Crippen LogP contribution >= 0.6 is 0 Å². The van der Waals surface area contributed by atoms with Crippen molar-refractivity contribution in [2.45, 2.75) is 13.8 Å². The second-order valence-corrected chi connectivity index (χ2v) is 6.18. The van der Waals surface area contributed by atoms with Crippen molar-refractivity contribution in [2.24, 2.45) is 0 Å². The zero-order chi connectivity index (χ0) is 19.5. The lowest BCUT2D eigenvalue weighted by Crippen LogP contribution is -2.18. The monoisotopic (exact) mass is 371 g/mol. The number of carbonyl (C=O) groups is 1. The number of nitrogens with one attached hydrogen (secondary N) is 1. The summed E-state index contributed by atoms with van der Waals surface area (Å²) in [5.74, 6) is 0.525. The first kappa shape index (κ1) is 17.5. The molecule has 0 spiro atoms. The van der Waals surface area contributed by atoms with Crippen LogP contribution in [-0.2, 0) is 0 Å². The van der Waals surface area contributed by atoms with Crippen LogP contribution in [0.3, 0.4) is 0 Å². The second-order valence-electron chi connectivity index (χ2n) is 6.18. The number of hydrogen-bond acceptors (Lipinski definition) is 6. The Bertz CT molecular complexity index is 1140. The normalized spacial score (nSPS) is 10.6. The molecule has 1 N–H and O–H groups in total. The lowest BCUT2D eigenvalue weighted by molar-refractivity contribution is 0.101. The van der Waals surface area contributed by atoms with Gasteiger partial charge in [-0.2, -0.15) is 5.10 Å². The summed E-state index contributed by atoms with van der Waals surface area (Å²) in [6.45, 7) is 3.75. The fourth-order valence-corrected chi connectivity index (χ4v) is 2.76. The molecule has 0 saturated carbocycles. The SMILES string of the molecule is Cc1cccc(-c2nc(C)cc(NC(=O)c3ccnn3-c3cccnc3)n2)n1. The number of aromatic nitrogens is 6. The quantitative estimate of drug-likeness (QED) is 0.592. The van der Waals surface area contributed by atoms with Gasteiger partial charge in [0.05, 0.1) is 18.1 Å². The third-order valence-corrected chi connectivity index (χ3v) is 3.98. The number of hydrogen-bond donors (Lipinski definition) is 1. The van der Waals surface area contributed by atoms with Gasteiger partial charge in [-0.1, -0.05) is 6.07 Å². The average Bonchev–Trinajstić information content (AvgIpc) is 3.18. The number of nitrogens with zero attached hydrogens (tertiary/aromatic N) is 6. The molecule has 28 heavy (non-hydrogen) atoms. The van der Waals surface area contributed by atoms with Crippen molar-refractivity contribution in [3.63, 3.8) is 0 Å². The molecule has 4 rings (SSSR count). The highest BCUT2D eigenvalue weighted by atomic mass is 16.2. The standard InChI is InChI=1S/C20H17N7O/c1-13-5-3-7-16(23-13)19-24-14(2)11-18(25-19)26-20(28)17-8-10-22-27(17)15-6-4-9-21-12-15/h3-12H,1-2H3,(H,24,25,26,28). The van der Waals surface area contributed by atoms with Crippen LogP contribution < -0.4 is 5.32 Å². The summed E-state index contributed by atoms with van der Waals surface area (Å²) in [6.07, 6.45) is 4.87. The Morgan fingerprint density at radius 3 is 2.64 bits per heavy atom. The van der Waals surface area contributed by atoms with Gasteiger partial charge in [0.25, 0.3) is 5.91 Å². The van der Waals surface area contributed by atoms with Gasteiger partial charge in [-0.3, -0.25) is 9.78 Å². The van der Waals surface area contributed by atoms with Gasteiger partial charge in [0, 0.05) is 23.7 Å². The molecule has 0 saturated heterocycles. The van der Waals surface area contributed by atoms with Crippen LogP contribution in [0.15, 0.2) is 61.1 Å². The molecule has 0 fully saturated rings. The van der Waals surface area contributed by atoms with Crippen LogP contribution in [0, 0.1) is 13.8 Å². The predicted molar refractivity (Wildman–Crippen MR) is 104 cm³/mol. The molecular formula is C20H17N7O. The maximum atomic E-state index is 12.8. The molecule has 4 aromatic rings. The first-order valence-corrected chi connectivity index (χ1v) is 8.65. The molecule has 0 aromatic carbocycles. The van der Waals surface area contributed by atoms with Gasteiger partial charge in [-0.25, -0.2) is 19.6 Å². The molecule has 0 radical (unpaired) electrons. The molecule has 0 unspecified atom stereocenters. The molecule has 138 valence electrons. The molecule has 0 aliphatic carbocycles. The van der Waals surface area contributed by atoms with E-state index in [1.807, 2.05) is 38.1 Å². The molecule has 4 aromatic heterocycles. The minimum Gasteiger partial charge on any atom is -0.305 e. The smallest absolute Gasteiger partial charge is 0.275 e. The van der Waals surface area contributed by atoms with Crippen molar-refractivity contribution < 1.29 is 4.79 Å². The fourth-order valence-electron chi connectivity index (χ4n) is 2.76. The van der Waals surface area contributed by atoms with Gasteiger partial charge in [-0.05, 0) is 44.2 Å². The number of amides is 1. The van der Waals surface area contributed by atoms with Gasteiger partial charge in [0.1, 0.15) is 17.2 Å². The number of pyridine rings is 2. The first-order valence-electron chi connectivity index (χ1n) is 8.65. The van der Waals surface area contributed by atoms with E-state index in [-0.39, 0.29) is 5.91 Å². The average molecular weight is 371 g/mol. The highest BCUT2D eigenvalue weighted by Gasteiger charge is 2.15. The molecule has 0 atom stereocenters. The summed E-state index contributed by atoms with van der Waals surface area (Å²) in [5.41, 5.74) is 3.32. The van der Waals surface area contributed by atoms with Crippen LogP contribution in [-0.4, -0.2) is 35.6 Å². The van der Waals surface area contributed by atoms with E-state index in [1.54, 1.807) is 36.8 Å². The Morgan fingerprint density at radius 1 is 0.964 bits per heavy atom. The summed E-state index contributed by atoms with van der Waals surface area (Å²) in [4.78, 5) is 30.2. The highest BCUT2D eigenvalue weighted by Crippen LogP contribution is 2.17. The van der Waals surface area contributed by atoms with E-state index in [2.05, 4.69) is 30.4 Å². The summed E-state index contributed by atoms with van der Waals surface area (Å²) in [5, 5.41) is 7.04. The van der Waals surface area contributed by atoms with E-state index in [9.17, 15) is 4.79 Å². The summed E-state index contributed by atoms with van der Waals surface area (Å²) >= 11 is 0. The third kappa shape index (κ3) is 3.61. The molecule has 0 bridgehead atoms. The van der Waals surface area contributed by atoms with E-state index in [0.717, 1.165) is 11.4 Å². The van der Waals surface area contributed by atoms with E-state index < -0.39 is 0 Å². The van der Waals surface area contributed by atoms with Gasteiger partial charge in [-0.15, -0.1) is 0 Å². The van der Waals surface area contributed by atoms with E-state index in [4.69, 9.17) is 0 Å². The Kier molecular flexibility index (Phi) is 4.59. The maximum absolute atomic E-state index is 12.8. The Labute approximate surface area is 161 Å². The van der Waals surface area contributed by atoms with Gasteiger partial charge in [0.15, 0.2) is 5.82 Å². The van der Waals surface area contributed by atoms with Crippen LogP contribution in [0.25, 0.3) is 17.2 Å². The topological polar surface area (TPSA) is 98.5 Å². The predicted octanol–water partition coefficient (Wildman–Crippen LogP) is 2.99. The molecule has 1 amide bonds. The van der Waals surface area contributed by atoms with Crippen molar-refractivity contribution in [2.75, 3.05) is 5.32 Å². The minimum absolute atomic E-state index is 0.331. The van der Waals surface area contributed by atoms with Gasteiger partial charge >= 0.3 is 0 Å². The van der Waals surface area contributed by atoms with Crippen molar-refractivity contribution >= 4 is 11.7 Å². The maximum Gasteiger partial charge on any atom is 0.275 e. The Morgan fingerprint density at radius 2 is 1.86 bits per heavy atom. The van der Waals surface area contributed by atoms with E-state index in [1.165, 1.54) is 4.68 Å². The molecular weight excluding hydrogens is 354 g/mol. The summed E-state index contributed by atoms with van der Waals surface area (Å²) in [6, 6.07) is 12.6. The molecule has 4 heterocycles. The number of rotatable bonds is 4. The largest absolute Gasteiger partial charge is 0.305 e. The third-order valence-electron chi connectivity index (χ3n) is 3.98. The minimum atomic E-state index is -0.331. The number of anilines is 1. The van der Waals surface area contributed by atoms with Crippen molar-refractivity contribution in [1.82, 2.24) is 29.7 Å². The van der Waals surface area contributed by atoms with Crippen LogP contribution in [0.1, 0.15) is 21.9 Å². The van der Waals surface area contributed by atoms with Gasteiger partial charge in [0.2, 0.25) is 0 Å². The Hall–Kier alpha value is -3.94. The molecule has 8 heteroatoms. The van der Waals surface area contributed by atoms with Crippen molar-refractivity contribution in [1.29, 1.82) is 0 Å². The summed E-state index contributed by atoms with van der Waals surface area (Å²) < 4.78 is 1.53. The lowest BCUT2D eigenvalue weighted by Gasteiger charge is -2.09. The zero-order valence-corrected chi connectivity index (χ0v) is 15.4. The fraction of sp³-hybridized carbons (Fsp3) is 0.100. The molecule has 0 aliphatic rings. The van der Waals surface area contributed by atoms with E-state index >= 15 is 0 Å². The Balaban J connectivity index is 1.64.